The van der Waals surface area contributed by atoms with Crippen LogP contribution in [-0.4, -0.2) is 16.5 Å². The summed E-state index contributed by atoms with van der Waals surface area (Å²) in [7, 11) is 0. The number of anilines is 1. The second-order valence-corrected chi connectivity index (χ2v) is 5.10. The average molecular weight is 246 g/mol. The molecule has 0 atom stereocenters. The molecule has 1 heterocycles. The standard InChI is InChI=1S/C10H13Cl2N3/c1-10(3-2-4-10)6-14-8-7(11)5-13-9(12)15-8/h5H,2-4,6H2,1H3,(H,13,14,15). The van der Waals surface area contributed by atoms with Crippen LogP contribution in [0.5, 0.6) is 0 Å². The molecule has 0 aliphatic heterocycles. The number of hydrogen-bond acceptors (Lipinski definition) is 3. The Kier molecular flexibility index (Phi) is 3.03. The average Bonchev–Trinajstić information content (AvgIpc) is 2.17. The van der Waals surface area contributed by atoms with Gasteiger partial charge in [-0.05, 0) is 29.9 Å². The lowest BCUT2D eigenvalue weighted by Crippen LogP contribution is -2.33. The molecule has 1 fully saturated rings. The lowest BCUT2D eigenvalue weighted by molar-refractivity contribution is 0.180. The summed E-state index contributed by atoms with van der Waals surface area (Å²) < 4.78 is 0. The SMILES string of the molecule is CC1(CNc2nc(Cl)ncc2Cl)CCC1. The summed E-state index contributed by atoms with van der Waals surface area (Å²) in [4.78, 5) is 7.85. The second kappa shape index (κ2) is 4.14. The van der Waals surface area contributed by atoms with Gasteiger partial charge in [0, 0.05) is 6.54 Å². The molecule has 1 saturated carbocycles. The molecule has 1 N–H and O–H groups in total. The molecule has 0 unspecified atom stereocenters. The predicted molar refractivity (Wildman–Crippen MR) is 62.5 cm³/mol. The number of nitrogens with zero attached hydrogens (tertiary/aromatic N) is 2. The molecule has 2 rings (SSSR count). The number of aromatic nitrogens is 2. The Morgan fingerprint density at radius 3 is 2.80 bits per heavy atom. The second-order valence-electron chi connectivity index (χ2n) is 4.35. The lowest BCUT2D eigenvalue weighted by atomic mass is 9.70. The van der Waals surface area contributed by atoms with Crippen molar-refractivity contribution >= 4 is 29.0 Å². The first-order chi connectivity index (χ1) is 7.09. The first kappa shape index (κ1) is 11.0. The van der Waals surface area contributed by atoms with Gasteiger partial charge in [-0.25, -0.2) is 4.98 Å². The monoisotopic (exact) mass is 245 g/mol. The van der Waals surface area contributed by atoms with Crippen LogP contribution in [0.2, 0.25) is 10.3 Å². The topological polar surface area (TPSA) is 37.8 Å². The number of rotatable bonds is 3. The van der Waals surface area contributed by atoms with Crippen molar-refractivity contribution in [3.05, 3.63) is 16.5 Å². The van der Waals surface area contributed by atoms with Crippen molar-refractivity contribution in [2.45, 2.75) is 26.2 Å². The fourth-order valence-corrected chi connectivity index (χ4v) is 2.01. The molecule has 15 heavy (non-hydrogen) atoms. The summed E-state index contributed by atoms with van der Waals surface area (Å²) in [6.45, 7) is 3.15. The first-order valence-electron chi connectivity index (χ1n) is 5.01. The van der Waals surface area contributed by atoms with Crippen molar-refractivity contribution in [3.8, 4) is 0 Å². The van der Waals surface area contributed by atoms with Gasteiger partial charge in [0.15, 0.2) is 0 Å². The minimum absolute atomic E-state index is 0.223. The van der Waals surface area contributed by atoms with Gasteiger partial charge in [0.2, 0.25) is 5.28 Å². The highest BCUT2D eigenvalue weighted by molar-refractivity contribution is 6.33. The van der Waals surface area contributed by atoms with Crippen LogP contribution in [-0.2, 0) is 0 Å². The summed E-state index contributed by atoms with van der Waals surface area (Å²) in [6.07, 6.45) is 5.35. The van der Waals surface area contributed by atoms with Crippen LogP contribution < -0.4 is 5.32 Å². The summed E-state index contributed by atoms with van der Waals surface area (Å²) in [5.74, 6) is 0.629. The van der Waals surface area contributed by atoms with E-state index < -0.39 is 0 Å². The van der Waals surface area contributed by atoms with Gasteiger partial charge in [-0.3, -0.25) is 0 Å². The lowest BCUT2D eigenvalue weighted by Gasteiger charge is -2.38. The molecule has 0 bridgehead atoms. The van der Waals surface area contributed by atoms with Gasteiger partial charge in [-0.15, -0.1) is 0 Å². The van der Waals surface area contributed by atoms with Crippen LogP contribution >= 0.6 is 23.2 Å². The van der Waals surface area contributed by atoms with E-state index in [1.807, 2.05) is 0 Å². The van der Waals surface area contributed by atoms with Gasteiger partial charge in [0.25, 0.3) is 0 Å². The van der Waals surface area contributed by atoms with E-state index in [1.54, 1.807) is 0 Å². The van der Waals surface area contributed by atoms with E-state index in [0.717, 1.165) is 6.54 Å². The normalized spacial score (nSPS) is 18.3. The van der Waals surface area contributed by atoms with E-state index in [4.69, 9.17) is 23.2 Å². The summed E-state index contributed by atoms with van der Waals surface area (Å²) in [6, 6.07) is 0. The molecule has 0 saturated heterocycles. The molecule has 5 heteroatoms. The molecule has 1 aromatic rings. The molecule has 1 aliphatic rings. The van der Waals surface area contributed by atoms with E-state index in [-0.39, 0.29) is 5.28 Å². The molecule has 3 nitrogen and oxygen atoms in total. The van der Waals surface area contributed by atoms with E-state index in [0.29, 0.717) is 16.3 Å². The molecule has 1 aliphatic carbocycles. The zero-order chi connectivity index (χ0) is 10.9. The number of halogens is 2. The first-order valence-corrected chi connectivity index (χ1v) is 5.77. The predicted octanol–water partition coefficient (Wildman–Crippen LogP) is 3.39. The van der Waals surface area contributed by atoms with E-state index >= 15 is 0 Å². The van der Waals surface area contributed by atoms with Crippen molar-refractivity contribution in [1.29, 1.82) is 0 Å². The maximum absolute atomic E-state index is 5.94. The highest BCUT2D eigenvalue weighted by Gasteiger charge is 2.31. The Morgan fingerprint density at radius 1 is 1.47 bits per heavy atom. The molecule has 0 spiro atoms. The Bertz CT molecular complexity index is 364. The smallest absolute Gasteiger partial charge is 0.224 e. The maximum Gasteiger partial charge on any atom is 0.224 e. The van der Waals surface area contributed by atoms with Gasteiger partial charge >= 0.3 is 0 Å². The third kappa shape index (κ3) is 2.52. The maximum atomic E-state index is 5.94. The van der Waals surface area contributed by atoms with Crippen molar-refractivity contribution < 1.29 is 0 Å². The van der Waals surface area contributed by atoms with E-state index in [2.05, 4.69) is 22.2 Å². The van der Waals surface area contributed by atoms with Gasteiger partial charge in [0.1, 0.15) is 10.8 Å². The van der Waals surface area contributed by atoms with Crippen LogP contribution in [0.1, 0.15) is 26.2 Å². The highest BCUT2D eigenvalue weighted by atomic mass is 35.5. The van der Waals surface area contributed by atoms with Crippen molar-refractivity contribution in [1.82, 2.24) is 9.97 Å². The third-order valence-electron chi connectivity index (χ3n) is 2.96. The van der Waals surface area contributed by atoms with Gasteiger partial charge in [-0.1, -0.05) is 24.9 Å². The Labute approximate surface area is 99.2 Å². The van der Waals surface area contributed by atoms with Crippen LogP contribution in [0.4, 0.5) is 5.82 Å². The molecular formula is C10H13Cl2N3. The number of nitrogens with one attached hydrogen (secondary N) is 1. The van der Waals surface area contributed by atoms with Crippen LogP contribution in [0.15, 0.2) is 6.20 Å². The largest absolute Gasteiger partial charge is 0.368 e. The molecule has 0 aromatic carbocycles. The van der Waals surface area contributed by atoms with Gasteiger partial charge < -0.3 is 5.32 Å². The molecule has 0 amide bonds. The van der Waals surface area contributed by atoms with Crippen LogP contribution in [0, 0.1) is 5.41 Å². The van der Waals surface area contributed by atoms with Gasteiger partial charge in [0.05, 0.1) is 6.20 Å². The summed E-state index contributed by atoms with van der Waals surface area (Å²) in [5.41, 5.74) is 0.390. The van der Waals surface area contributed by atoms with Crippen LogP contribution in [0.25, 0.3) is 0 Å². The van der Waals surface area contributed by atoms with Crippen molar-refractivity contribution in [2.75, 3.05) is 11.9 Å². The van der Waals surface area contributed by atoms with Crippen LogP contribution in [0.3, 0.4) is 0 Å². The van der Waals surface area contributed by atoms with Crippen molar-refractivity contribution in [3.63, 3.8) is 0 Å². The Hall–Kier alpha value is -0.540. The molecule has 1 aromatic heterocycles. The number of hydrogen-bond donors (Lipinski definition) is 1. The van der Waals surface area contributed by atoms with Gasteiger partial charge in [-0.2, -0.15) is 4.98 Å². The minimum Gasteiger partial charge on any atom is -0.368 e. The highest BCUT2D eigenvalue weighted by Crippen LogP contribution is 2.40. The molecular weight excluding hydrogens is 233 g/mol. The van der Waals surface area contributed by atoms with E-state index in [1.165, 1.54) is 25.5 Å². The summed E-state index contributed by atoms with van der Waals surface area (Å²) in [5, 5.41) is 3.97. The zero-order valence-corrected chi connectivity index (χ0v) is 10.1. The Balaban J connectivity index is 2.01. The minimum atomic E-state index is 0.223. The van der Waals surface area contributed by atoms with Crippen molar-refractivity contribution in [2.24, 2.45) is 5.41 Å². The summed E-state index contributed by atoms with van der Waals surface area (Å²) >= 11 is 11.6. The zero-order valence-electron chi connectivity index (χ0n) is 8.56. The van der Waals surface area contributed by atoms with E-state index in [9.17, 15) is 0 Å². The fourth-order valence-electron chi connectivity index (χ4n) is 1.72. The molecule has 0 radical (unpaired) electrons. The Morgan fingerprint density at radius 2 is 2.20 bits per heavy atom. The quantitative estimate of drug-likeness (QED) is 0.830. The fraction of sp³-hybridized carbons (Fsp3) is 0.600. The third-order valence-corrected chi connectivity index (χ3v) is 3.42. The molecule has 82 valence electrons.